The first-order valence-corrected chi connectivity index (χ1v) is 6.42. The number of benzene rings is 1. The Bertz CT molecular complexity index is 595. The van der Waals surface area contributed by atoms with Crippen LogP contribution in [0.25, 0.3) is 11.3 Å². The highest BCUT2D eigenvalue weighted by molar-refractivity contribution is 5.67. The molecule has 1 N–H and O–H groups in total. The second kappa shape index (κ2) is 6.23. The number of hydrogen-bond donors (Lipinski definition) is 1. The zero-order valence-corrected chi connectivity index (χ0v) is 11.5. The van der Waals surface area contributed by atoms with E-state index in [0.29, 0.717) is 24.4 Å². The minimum absolute atomic E-state index is 0.278. The average Bonchev–Trinajstić information content (AvgIpc) is 2.87. The molecule has 0 saturated carbocycles. The molecule has 106 valence electrons. The van der Waals surface area contributed by atoms with E-state index in [1.54, 1.807) is 38.4 Å². The molecule has 4 nitrogen and oxygen atoms in total. The number of rotatable bonds is 4. The van der Waals surface area contributed by atoms with Crippen molar-refractivity contribution < 1.29 is 13.9 Å². The second-order valence-corrected chi connectivity index (χ2v) is 4.46. The summed E-state index contributed by atoms with van der Waals surface area (Å²) in [7, 11) is 1.66. The normalized spacial score (nSPS) is 10.3. The van der Waals surface area contributed by atoms with E-state index in [1.807, 2.05) is 6.07 Å². The first-order valence-electron chi connectivity index (χ1n) is 6.42. The second-order valence-electron chi connectivity index (χ2n) is 4.46. The van der Waals surface area contributed by atoms with Gasteiger partial charge in [0, 0.05) is 24.5 Å². The summed E-state index contributed by atoms with van der Waals surface area (Å²) in [5.41, 5.74) is 2.09. The highest BCUT2D eigenvalue weighted by atomic mass is 19.1. The summed E-state index contributed by atoms with van der Waals surface area (Å²) in [4.78, 5) is 16.0. The molecule has 0 aliphatic carbocycles. The number of carbonyl (C=O) groups is 1. The van der Waals surface area contributed by atoms with E-state index in [1.165, 1.54) is 11.0 Å². The van der Waals surface area contributed by atoms with Gasteiger partial charge < -0.3 is 14.6 Å². The fraction of sp³-hybridized carbons (Fsp3) is 0.267. The number of aromatic amines is 1. The average molecular weight is 276 g/mol. The molecule has 0 bridgehead atoms. The molecular formula is C15H17FN2O2. The van der Waals surface area contributed by atoms with Crippen molar-refractivity contribution in [2.75, 3.05) is 13.7 Å². The van der Waals surface area contributed by atoms with Crippen LogP contribution in [-0.4, -0.2) is 29.6 Å². The van der Waals surface area contributed by atoms with Crippen LogP contribution in [0.3, 0.4) is 0 Å². The Kier molecular flexibility index (Phi) is 4.40. The molecule has 20 heavy (non-hydrogen) atoms. The Morgan fingerprint density at radius 2 is 2.15 bits per heavy atom. The molecule has 1 aromatic heterocycles. The molecule has 0 fully saturated rings. The standard InChI is InChI=1S/C15H17FN2O2/c1-3-20-15(19)18(2)10-11-8-14(17-9-11)12-6-4-5-7-13(12)16/h4-9,17H,3,10H2,1-2H3. The maximum atomic E-state index is 13.7. The van der Waals surface area contributed by atoms with Crippen molar-refractivity contribution >= 4 is 6.09 Å². The van der Waals surface area contributed by atoms with E-state index in [4.69, 9.17) is 4.74 Å². The van der Waals surface area contributed by atoms with E-state index >= 15 is 0 Å². The maximum absolute atomic E-state index is 13.7. The molecular weight excluding hydrogens is 259 g/mol. The fourth-order valence-electron chi connectivity index (χ4n) is 1.94. The van der Waals surface area contributed by atoms with Crippen LogP contribution < -0.4 is 0 Å². The van der Waals surface area contributed by atoms with Crippen molar-refractivity contribution in [2.45, 2.75) is 13.5 Å². The number of nitrogens with zero attached hydrogens (tertiary/aromatic N) is 1. The van der Waals surface area contributed by atoms with Gasteiger partial charge in [-0.25, -0.2) is 9.18 Å². The van der Waals surface area contributed by atoms with Crippen molar-refractivity contribution in [3.8, 4) is 11.3 Å². The third-order valence-electron chi connectivity index (χ3n) is 2.91. The van der Waals surface area contributed by atoms with Gasteiger partial charge in [0.15, 0.2) is 0 Å². The summed E-state index contributed by atoms with van der Waals surface area (Å²) < 4.78 is 18.6. The Balaban J connectivity index is 2.10. The van der Waals surface area contributed by atoms with E-state index in [9.17, 15) is 9.18 Å². The quantitative estimate of drug-likeness (QED) is 0.930. The Labute approximate surface area is 117 Å². The number of nitrogens with one attached hydrogen (secondary N) is 1. The monoisotopic (exact) mass is 276 g/mol. The van der Waals surface area contributed by atoms with Gasteiger partial charge in [0.2, 0.25) is 0 Å². The van der Waals surface area contributed by atoms with E-state index < -0.39 is 0 Å². The van der Waals surface area contributed by atoms with E-state index in [-0.39, 0.29) is 11.9 Å². The first kappa shape index (κ1) is 14.1. The molecule has 0 aliphatic heterocycles. The summed E-state index contributed by atoms with van der Waals surface area (Å²) in [6.07, 6.45) is 1.39. The van der Waals surface area contributed by atoms with Gasteiger partial charge in [-0.3, -0.25) is 0 Å². The van der Waals surface area contributed by atoms with Crippen molar-refractivity contribution in [2.24, 2.45) is 0 Å². The molecule has 0 atom stereocenters. The van der Waals surface area contributed by atoms with E-state index in [0.717, 1.165) is 5.56 Å². The van der Waals surface area contributed by atoms with Crippen molar-refractivity contribution in [1.29, 1.82) is 0 Å². The van der Waals surface area contributed by atoms with Crippen LogP contribution in [0.15, 0.2) is 36.5 Å². The summed E-state index contributed by atoms with van der Waals surface area (Å²) in [6, 6.07) is 8.38. The predicted molar refractivity (Wildman–Crippen MR) is 74.7 cm³/mol. The predicted octanol–water partition coefficient (Wildman–Crippen LogP) is 3.41. The minimum atomic E-state index is -0.374. The molecule has 5 heteroatoms. The van der Waals surface area contributed by atoms with Crippen LogP contribution in [0.5, 0.6) is 0 Å². The number of hydrogen-bond acceptors (Lipinski definition) is 2. The zero-order valence-electron chi connectivity index (χ0n) is 11.5. The summed E-state index contributed by atoms with van der Waals surface area (Å²) in [6.45, 7) is 2.51. The van der Waals surface area contributed by atoms with Crippen LogP contribution in [0.2, 0.25) is 0 Å². The molecule has 1 aromatic carbocycles. The van der Waals surface area contributed by atoms with Gasteiger partial charge in [-0.1, -0.05) is 12.1 Å². The van der Waals surface area contributed by atoms with Crippen molar-refractivity contribution in [3.05, 3.63) is 47.9 Å². The number of aromatic nitrogens is 1. The van der Waals surface area contributed by atoms with Gasteiger partial charge in [-0.2, -0.15) is 0 Å². The van der Waals surface area contributed by atoms with Gasteiger partial charge >= 0.3 is 6.09 Å². The van der Waals surface area contributed by atoms with Gasteiger partial charge in [-0.15, -0.1) is 0 Å². The highest BCUT2D eigenvalue weighted by Gasteiger charge is 2.12. The summed E-state index contributed by atoms with van der Waals surface area (Å²) in [5, 5.41) is 0. The summed E-state index contributed by atoms with van der Waals surface area (Å²) in [5.74, 6) is -0.278. The molecule has 0 unspecified atom stereocenters. The lowest BCUT2D eigenvalue weighted by atomic mass is 10.1. The Morgan fingerprint density at radius 3 is 2.85 bits per heavy atom. The molecule has 0 radical (unpaired) electrons. The SMILES string of the molecule is CCOC(=O)N(C)Cc1c[nH]c(-c2ccccc2F)c1. The molecule has 2 aromatic rings. The van der Waals surface area contributed by atoms with E-state index in [2.05, 4.69) is 4.98 Å². The van der Waals surface area contributed by atoms with Crippen molar-refractivity contribution in [1.82, 2.24) is 9.88 Å². The number of amides is 1. The number of halogens is 1. The molecule has 0 spiro atoms. The lowest BCUT2D eigenvalue weighted by molar-refractivity contribution is 0.114. The molecule has 2 rings (SSSR count). The third kappa shape index (κ3) is 3.17. The number of H-pyrrole nitrogens is 1. The largest absolute Gasteiger partial charge is 0.450 e. The molecule has 0 aliphatic rings. The molecule has 1 amide bonds. The van der Waals surface area contributed by atoms with Gasteiger partial charge in [0.25, 0.3) is 0 Å². The molecule has 0 saturated heterocycles. The van der Waals surface area contributed by atoms with Crippen molar-refractivity contribution in [3.63, 3.8) is 0 Å². The fourth-order valence-corrected chi connectivity index (χ4v) is 1.94. The smallest absolute Gasteiger partial charge is 0.409 e. The Morgan fingerprint density at radius 1 is 1.40 bits per heavy atom. The maximum Gasteiger partial charge on any atom is 0.409 e. The van der Waals surface area contributed by atoms with Crippen LogP contribution in [0.4, 0.5) is 9.18 Å². The highest BCUT2D eigenvalue weighted by Crippen LogP contribution is 2.22. The Hall–Kier alpha value is -2.30. The van der Waals surface area contributed by atoms with Gasteiger partial charge in [0.05, 0.1) is 13.2 Å². The van der Waals surface area contributed by atoms with Gasteiger partial charge in [-0.05, 0) is 30.7 Å². The number of ether oxygens (including phenoxy) is 1. The topological polar surface area (TPSA) is 45.3 Å². The lowest BCUT2D eigenvalue weighted by Crippen LogP contribution is -2.26. The zero-order chi connectivity index (χ0) is 14.5. The summed E-state index contributed by atoms with van der Waals surface area (Å²) >= 11 is 0. The third-order valence-corrected chi connectivity index (χ3v) is 2.91. The van der Waals surface area contributed by atoms with Crippen LogP contribution in [0.1, 0.15) is 12.5 Å². The van der Waals surface area contributed by atoms with Crippen LogP contribution in [-0.2, 0) is 11.3 Å². The first-order chi connectivity index (χ1) is 9.61. The lowest BCUT2D eigenvalue weighted by Gasteiger charge is -2.15. The minimum Gasteiger partial charge on any atom is -0.450 e. The number of carbonyl (C=O) groups excluding carboxylic acids is 1. The molecule has 1 heterocycles. The van der Waals surface area contributed by atoms with Crippen LogP contribution in [0, 0.1) is 5.82 Å². The van der Waals surface area contributed by atoms with Crippen LogP contribution >= 0.6 is 0 Å². The van der Waals surface area contributed by atoms with Gasteiger partial charge in [0.1, 0.15) is 5.82 Å².